The van der Waals surface area contributed by atoms with E-state index in [0.29, 0.717) is 24.7 Å². The summed E-state index contributed by atoms with van der Waals surface area (Å²) in [7, 11) is 0. The van der Waals surface area contributed by atoms with E-state index >= 15 is 0 Å². The second-order valence-electron chi connectivity index (χ2n) is 5.51. The average molecular weight is 304 g/mol. The number of hydrogen-bond donors (Lipinski definition) is 1. The Balaban J connectivity index is 1.90. The minimum atomic E-state index is -0.353. The maximum atomic E-state index is 12.7. The van der Waals surface area contributed by atoms with Gasteiger partial charge in [-0.05, 0) is 29.7 Å². The van der Waals surface area contributed by atoms with E-state index in [0.717, 1.165) is 23.6 Å². The fourth-order valence-corrected chi connectivity index (χ4v) is 3.12. The number of nitrogens with one attached hydrogen (secondary N) is 1. The predicted octanol–water partition coefficient (Wildman–Crippen LogP) is 3.36. The third-order valence-corrected chi connectivity index (χ3v) is 4.63. The smallest absolute Gasteiger partial charge is 0.252 e. The van der Waals surface area contributed by atoms with Crippen LogP contribution in [0.1, 0.15) is 23.2 Å². The summed E-state index contributed by atoms with van der Waals surface area (Å²) >= 11 is 6.12. The highest BCUT2D eigenvalue weighted by Gasteiger charge is 2.33. The zero-order valence-electron chi connectivity index (χ0n) is 11.8. The SMILES string of the molecule is O=C(NC1(CCl)CCOCC1)c1cccc2ccccc12. The van der Waals surface area contributed by atoms with Crippen molar-refractivity contribution >= 4 is 28.3 Å². The molecule has 0 aliphatic carbocycles. The number of benzene rings is 2. The third kappa shape index (κ3) is 2.89. The molecule has 21 heavy (non-hydrogen) atoms. The van der Waals surface area contributed by atoms with Crippen molar-refractivity contribution in [3.05, 3.63) is 48.0 Å². The lowest BCUT2D eigenvalue weighted by Gasteiger charge is -2.36. The minimum Gasteiger partial charge on any atom is -0.381 e. The Morgan fingerprint density at radius 2 is 1.86 bits per heavy atom. The molecule has 0 unspecified atom stereocenters. The molecule has 2 aromatic carbocycles. The Labute approximate surface area is 129 Å². The first-order valence-corrected chi connectivity index (χ1v) is 7.72. The normalized spacial score (nSPS) is 17.6. The van der Waals surface area contributed by atoms with Crippen molar-refractivity contribution < 1.29 is 9.53 Å². The Kier molecular flexibility index (Phi) is 4.13. The molecule has 0 spiro atoms. The highest BCUT2D eigenvalue weighted by atomic mass is 35.5. The van der Waals surface area contributed by atoms with E-state index in [9.17, 15) is 4.79 Å². The zero-order valence-corrected chi connectivity index (χ0v) is 12.5. The molecule has 4 heteroatoms. The number of alkyl halides is 1. The molecule has 1 amide bonds. The second-order valence-corrected chi connectivity index (χ2v) is 5.77. The Bertz CT molecular complexity index is 645. The van der Waals surface area contributed by atoms with Gasteiger partial charge in [-0.1, -0.05) is 36.4 Å². The summed E-state index contributed by atoms with van der Waals surface area (Å²) in [6, 6.07) is 13.7. The number of rotatable bonds is 3. The monoisotopic (exact) mass is 303 g/mol. The van der Waals surface area contributed by atoms with Gasteiger partial charge in [-0.15, -0.1) is 11.6 Å². The lowest BCUT2D eigenvalue weighted by molar-refractivity contribution is 0.0434. The topological polar surface area (TPSA) is 38.3 Å². The molecule has 1 N–H and O–H groups in total. The highest BCUT2D eigenvalue weighted by molar-refractivity contribution is 6.19. The Morgan fingerprint density at radius 1 is 1.14 bits per heavy atom. The van der Waals surface area contributed by atoms with Gasteiger partial charge in [0.25, 0.3) is 5.91 Å². The van der Waals surface area contributed by atoms with Gasteiger partial charge in [0, 0.05) is 24.7 Å². The summed E-state index contributed by atoms with van der Waals surface area (Å²) < 4.78 is 5.37. The van der Waals surface area contributed by atoms with E-state index in [-0.39, 0.29) is 11.4 Å². The molecule has 1 saturated heterocycles. The van der Waals surface area contributed by atoms with Crippen molar-refractivity contribution in [2.45, 2.75) is 18.4 Å². The Morgan fingerprint density at radius 3 is 2.62 bits per heavy atom. The number of ether oxygens (including phenoxy) is 1. The molecule has 0 saturated carbocycles. The highest BCUT2D eigenvalue weighted by Crippen LogP contribution is 2.24. The number of carbonyl (C=O) groups excluding carboxylic acids is 1. The number of fused-ring (bicyclic) bond motifs is 1. The second kappa shape index (κ2) is 6.04. The fourth-order valence-electron chi connectivity index (χ4n) is 2.79. The number of carbonyl (C=O) groups is 1. The molecule has 1 aliphatic heterocycles. The van der Waals surface area contributed by atoms with Crippen LogP contribution >= 0.6 is 11.6 Å². The molecule has 1 fully saturated rings. The molecule has 1 heterocycles. The van der Waals surface area contributed by atoms with Gasteiger partial charge in [-0.2, -0.15) is 0 Å². The maximum absolute atomic E-state index is 12.7. The quantitative estimate of drug-likeness (QED) is 0.883. The third-order valence-electron chi connectivity index (χ3n) is 4.12. The number of halogens is 1. The standard InChI is InChI=1S/C17H18ClNO2/c18-12-17(8-10-21-11-9-17)19-16(20)15-7-3-5-13-4-1-2-6-14(13)15/h1-7H,8-12H2,(H,19,20). The largest absolute Gasteiger partial charge is 0.381 e. The molecule has 1 aliphatic rings. The van der Waals surface area contributed by atoms with Crippen LogP contribution in [0.25, 0.3) is 10.8 Å². The number of hydrogen-bond acceptors (Lipinski definition) is 2. The summed E-state index contributed by atoms with van der Waals surface area (Å²) in [4.78, 5) is 12.7. The van der Waals surface area contributed by atoms with Crippen LogP contribution in [0.4, 0.5) is 0 Å². The van der Waals surface area contributed by atoms with E-state index in [2.05, 4.69) is 5.32 Å². The first-order chi connectivity index (χ1) is 10.2. The van der Waals surface area contributed by atoms with Gasteiger partial charge in [0.1, 0.15) is 0 Å². The van der Waals surface area contributed by atoms with E-state index in [1.165, 1.54) is 0 Å². The van der Waals surface area contributed by atoms with Gasteiger partial charge in [-0.25, -0.2) is 0 Å². The molecule has 3 rings (SSSR count). The molecule has 3 nitrogen and oxygen atoms in total. The Hall–Kier alpha value is -1.58. The van der Waals surface area contributed by atoms with Crippen molar-refractivity contribution in [3.8, 4) is 0 Å². The molecule has 0 radical (unpaired) electrons. The minimum absolute atomic E-state index is 0.0608. The summed E-state index contributed by atoms with van der Waals surface area (Å²) in [6.45, 7) is 1.28. The fraction of sp³-hybridized carbons (Fsp3) is 0.353. The lowest BCUT2D eigenvalue weighted by atomic mass is 9.91. The van der Waals surface area contributed by atoms with Crippen LogP contribution in [0.2, 0.25) is 0 Å². The van der Waals surface area contributed by atoms with Crippen LogP contribution < -0.4 is 5.32 Å². The summed E-state index contributed by atoms with van der Waals surface area (Å²) in [6.07, 6.45) is 1.51. The van der Waals surface area contributed by atoms with Crippen LogP contribution in [0, 0.1) is 0 Å². The molecule has 2 aromatic rings. The van der Waals surface area contributed by atoms with Gasteiger partial charge in [-0.3, -0.25) is 4.79 Å². The van der Waals surface area contributed by atoms with Crippen LogP contribution in [-0.2, 0) is 4.74 Å². The predicted molar refractivity (Wildman–Crippen MR) is 84.9 cm³/mol. The summed E-state index contributed by atoms with van der Waals surface area (Å²) in [5.41, 5.74) is 0.345. The van der Waals surface area contributed by atoms with Gasteiger partial charge in [0.15, 0.2) is 0 Å². The summed E-state index contributed by atoms with van der Waals surface area (Å²) in [5, 5.41) is 5.17. The van der Waals surface area contributed by atoms with E-state index in [1.807, 2.05) is 42.5 Å². The number of amides is 1. The first-order valence-electron chi connectivity index (χ1n) is 7.18. The summed E-state index contributed by atoms with van der Waals surface area (Å²) in [5.74, 6) is 0.349. The van der Waals surface area contributed by atoms with Crippen molar-refractivity contribution in [1.82, 2.24) is 5.32 Å². The molecular formula is C17H18ClNO2. The van der Waals surface area contributed by atoms with E-state index < -0.39 is 0 Å². The van der Waals surface area contributed by atoms with Crippen LogP contribution in [0.3, 0.4) is 0 Å². The lowest BCUT2D eigenvalue weighted by Crippen LogP contribution is -2.53. The van der Waals surface area contributed by atoms with Crippen molar-refractivity contribution in [1.29, 1.82) is 0 Å². The van der Waals surface area contributed by atoms with Crippen molar-refractivity contribution in [2.75, 3.05) is 19.1 Å². The van der Waals surface area contributed by atoms with Crippen LogP contribution in [0.5, 0.6) is 0 Å². The molecular weight excluding hydrogens is 286 g/mol. The molecule has 0 atom stereocenters. The average Bonchev–Trinajstić information content (AvgIpc) is 2.55. The van der Waals surface area contributed by atoms with E-state index in [4.69, 9.17) is 16.3 Å². The maximum Gasteiger partial charge on any atom is 0.252 e. The molecule has 0 aromatic heterocycles. The van der Waals surface area contributed by atoms with Crippen LogP contribution in [0.15, 0.2) is 42.5 Å². The van der Waals surface area contributed by atoms with Crippen molar-refractivity contribution in [2.24, 2.45) is 0 Å². The van der Waals surface area contributed by atoms with Gasteiger partial charge in [0.05, 0.1) is 5.54 Å². The molecule has 0 bridgehead atoms. The van der Waals surface area contributed by atoms with Gasteiger partial charge in [0.2, 0.25) is 0 Å². The van der Waals surface area contributed by atoms with Gasteiger partial charge >= 0.3 is 0 Å². The van der Waals surface area contributed by atoms with Gasteiger partial charge < -0.3 is 10.1 Å². The zero-order chi connectivity index (χ0) is 14.7. The first kappa shape index (κ1) is 14.4. The molecule has 110 valence electrons. The van der Waals surface area contributed by atoms with Crippen molar-refractivity contribution in [3.63, 3.8) is 0 Å². The van der Waals surface area contributed by atoms with E-state index in [1.54, 1.807) is 0 Å². The van der Waals surface area contributed by atoms with Crippen LogP contribution in [-0.4, -0.2) is 30.5 Å².